The normalized spacial score (nSPS) is 19.8. The fourth-order valence-electron chi connectivity index (χ4n) is 2.94. The Labute approximate surface area is 108 Å². The van der Waals surface area contributed by atoms with Crippen LogP contribution in [0.4, 0.5) is 0 Å². The minimum atomic E-state index is 0.918. The molecule has 0 spiro atoms. The Morgan fingerprint density at radius 3 is 2.53 bits per heavy atom. The molecule has 1 unspecified atom stereocenters. The van der Waals surface area contributed by atoms with Crippen LogP contribution in [0.15, 0.2) is 0 Å². The van der Waals surface area contributed by atoms with Crippen LogP contribution in [0.2, 0.25) is 0 Å². The first-order chi connectivity index (χ1) is 8.26. The van der Waals surface area contributed by atoms with E-state index >= 15 is 0 Å². The molecule has 0 saturated carbocycles. The molecular formula is C15H32N2. The molecule has 102 valence electrons. The standard InChI is InChI=1S/C15H32N2/c1-4-6-7-14(5-2)12-17(3)13-15-8-10-16-11-9-15/h14-16H,4-13H2,1-3H3. The Kier molecular flexibility index (Phi) is 7.87. The number of nitrogens with zero attached hydrogens (tertiary/aromatic N) is 1. The molecule has 2 heteroatoms. The summed E-state index contributed by atoms with van der Waals surface area (Å²) in [7, 11) is 2.32. The van der Waals surface area contributed by atoms with Gasteiger partial charge in [-0.3, -0.25) is 0 Å². The molecule has 1 fully saturated rings. The number of hydrogen-bond acceptors (Lipinski definition) is 2. The summed E-state index contributed by atoms with van der Waals surface area (Å²) in [5.74, 6) is 1.85. The molecule has 0 aromatic carbocycles. The highest BCUT2D eigenvalue weighted by atomic mass is 15.1. The molecule has 1 N–H and O–H groups in total. The van der Waals surface area contributed by atoms with Gasteiger partial charge in [0.15, 0.2) is 0 Å². The predicted molar refractivity (Wildman–Crippen MR) is 76.4 cm³/mol. The van der Waals surface area contributed by atoms with E-state index in [1.807, 2.05) is 0 Å². The van der Waals surface area contributed by atoms with Crippen molar-refractivity contribution >= 4 is 0 Å². The molecule has 2 nitrogen and oxygen atoms in total. The Morgan fingerprint density at radius 2 is 1.94 bits per heavy atom. The first kappa shape index (κ1) is 15.0. The molecule has 1 saturated heterocycles. The van der Waals surface area contributed by atoms with Gasteiger partial charge in [-0.15, -0.1) is 0 Å². The summed E-state index contributed by atoms with van der Waals surface area (Å²) >= 11 is 0. The van der Waals surface area contributed by atoms with Crippen molar-refractivity contribution < 1.29 is 0 Å². The molecular weight excluding hydrogens is 208 g/mol. The average molecular weight is 240 g/mol. The molecule has 17 heavy (non-hydrogen) atoms. The van der Waals surface area contributed by atoms with Gasteiger partial charge in [0.1, 0.15) is 0 Å². The van der Waals surface area contributed by atoms with Gasteiger partial charge in [-0.1, -0.05) is 33.1 Å². The summed E-state index contributed by atoms with van der Waals surface area (Å²) < 4.78 is 0. The number of rotatable bonds is 8. The fraction of sp³-hybridized carbons (Fsp3) is 1.00. The summed E-state index contributed by atoms with van der Waals surface area (Å²) in [5, 5.41) is 3.45. The Morgan fingerprint density at radius 1 is 1.24 bits per heavy atom. The van der Waals surface area contributed by atoms with Gasteiger partial charge in [0.05, 0.1) is 0 Å². The maximum Gasteiger partial charge on any atom is 0.000767 e. The third kappa shape index (κ3) is 6.42. The zero-order valence-electron chi connectivity index (χ0n) is 12.2. The molecule has 1 aliphatic rings. The van der Waals surface area contributed by atoms with Crippen molar-refractivity contribution in [3.63, 3.8) is 0 Å². The highest BCUT2D eigenvalue weighted by Gasteiger charge is 2.16. The van der Waals surface area contributed by atoms with Crippen LogP contribution in [0.3, 0.4) is 0 Å². The van der Waals surface area contributed by atoms with Crippen molar-refractivity contribution in [3.8, 4) is 0 Å². The minimum absolute atomic E-state index is 0.918. The van der Waals surface area contributed by atoms with Crippen LogP contribution in [0, 0.1) is 11.8 Å². The van der Waals surface area contributed by atoms with Crippen molar-refractivity contribution in [2.24, 2.45) is 11.8 Å². The van der Waals surface area contributed by atoms with Gasteiger partial charge in [-0.25, -0.2) is 0 Å². The summed E-state index contributed by atoms with van der Waals surface area (Å²) in [6.45, 7) is 9.71. The third-order valence-corrected chi connectivity index (χ3v) is 4.14. The predicted octanol–water partition coefficient (Wildman–Crippen LogP) is 3.13. The zero-order chi connectivity index (χ0) is 12.5. The first-order valence-corrected chi connectivity index (χ1v) is 7.65. The number of nitrogens with one attached hydrogen (secondary N) is 1. The molecule has 1 rings (SSSR count). The van der Waals surface area contributed by atoms with Gasteiger partial charge in [0, 0.05) is 13.1 Å². The van der Waals surface area contributed by atoms with Crippen LogP contribution in [-0.2, 0) is 0 Å². The quantitative estimate of drug-likeness (QED) is 0.701. The fourth-order valence-corrected chi connectivity index (χ4v) is 2.94. The topological polar surface area (TPSA) is 15.3 Å². The Hall–Kier alpha value is -0.0800. The summed E-state index contributed by atoms with van der Waals surface area (Å²) in [6.07, 6.45) is 8.25. The molecule has 1 aliphatic heterocycles. The van der Waals surface area contributed by atoms with E-state index in [-0.39, 0.29) is 0 Å². The van der Waals surface area contributed by atoms with Crippen molar-refractivity contribution in [1.29, 1.82) is 0 Å². The van der Waals surface area contributed by atoms with Gasteiger partial charge < -0.3 is 10.2 Å². The lowest BCUT2D eigenvalue weighted by molar-refractivity contribution is 0.205. The molecule has 0 aromatic rings. The van der Waals surface area contributed by atoms with Crippen LogP contribution < -0.4 is 5.32 Å². The highest BCUT2D eigenvalue weighted by molar-refractivity contribution is 4.72. The highest BCUT2D eigenvalue weighted by Crippen LogP contribution is 2.17. The van der Waals surface area contributed by atoms with E-state index < -0.39 is 0 Å². The lowest BCUT2D eigenvalue weighted by Gasteiger charge is -2.29. The molecule has 0 amide bonds. The monoisotopic (exact) mass is 240 g/mol. The van der Waals surface area contributed by atoms with E-state index in [1.54, 1.807) is 0 Å². The zero-order valence-corrected chi connectivity index (χ0v) is 12.2. The van der Waals surface area contributed by atoms with E-state index in [0.29, 0.717) is 0 Å². The third-order valence-electron chi connectivity index (χ3n) is 4.14. The number of hydrogen-bond donors (Lipinski definition) is 1. The number of piperidine rings is 1. The SMILES string of the molecule is CCCCC(CC)CN(C)CC1CCNCC1. The molecule has 0 bridgehead atoms. The number of unbranched alkanes of at least 4 members (excludes halogenated alkanes) is 1. The maximum atomic E-state index is 3.45. The van der Waals surface area contributed by atoms with Gasteiger partial charge in [0.25, 0.3) is 0 Å². The van der Waals surface area contributed by atoms with Crippen LogP contribution in [0.25, 0.3) is 0 Å². The van der Waals surface area contributed by atoms with Crippen molar-refractivity contribution in [2.45, 2.75) is 52.4 Å². The van der Waals surface area contributed by atoms with Crippen molar-refractivity contribution in [1.82, 2.24) is 10.2 Å². The molecule has 0 radical (unpaired) electrons. The first-order valence-electron chi connectivity index (χ1n) is 7.65. The molecule has 0 aromatic heterocycles. The van der Waals surface area contributed by atoms with Crippen molar-refractivity contribution in [2.75, 3.05) is 33.2 Å². The van der Waals surface area contributed by atoms with Gasteiger partial charge in [-0.2, -0.15) is 0 Å². The minimum Gasteiger partial charge on any atom is -0.317 e. The van der Waals surface area contributed by atoms with Gasteiger partial charge in [0.2, 0.25) is 0 Å². The largest absolute Gasteiger partial charge is 0.317 e. The van der Waals surface area contributed by atoms with E-state index in [1.165, 1.54) is 64.7 Å². The smallest absolute Gasteiger partial charge is 0.000767 e. The van der Waals surface area contributed by atoms with Crippen molar-refractivity contribution in [3.05, 3.63) is 0 Å². The second-order valence-corrected chi connectivity index (χ2v) is 5.83. The molecule has 0 aliphatic carbocycles. The average Bonchev–Trinajstić information content (AvgIpc) is 2.35. The Bertz CT molecular complexity index is 176. The maximum absolute atomic E-state index is 3.45. The second-order valence-electron chi connectivity index (χ2n) is 5.83. The Balaban J connectivity index is 2.18. The van der Waals surface area contributed by atoms with E-state index in [9.17, 15) is 0 Å². The summed E-state index contributed by atoms with van der Waals surface area (Å²) in [6, 6.07) is 0. The van der Waals surface area contributed by atoms with Gasteiger partial charge in [-0.05, 0) is 51.2 Å². The van der Waals surface area contributed by atoms with E-state index in [4.69, 9.17) is 0 Å². The van der Waals surface area contributed by atoms with Crippen LogP contribution in [-0.4, -0.2) is 38.1 Å². The summed E-state index contributed by atoms with van der Waals surface area (Å²) in [5.41, 5.74) is 0. The second kappa shape index (κ2) is 8.93. The molecule has 1 heterocycles. The van der Waals surface area contributed by atoms with E-state index in [0.717, 1.165) is 11.8 Å². The lowest BCUT2D eigenvalue weighted by Crippen LogP contribution is -2.36. The van der Waals surface area contributed by atoms with Gasteiger partial charge >= 0.3 is 0 Å². The lowest BCUT2D eigenvalue weighted by atomic mass is 9.95. The van der Waals surface area contributed by atoms with Crippen LogP contribution in [0.1, 0.15) is 52.4 Å². The summed E-state index contributed by atoms with van der Waals surface area (Å²) in [4.78, 5) is 2.58. The van der Waals surface area contributed by atoms with E-state index in [2.05, 4.69) is 31.1 Å². The van der Waals surface area contributed by atoms with Crippen LogP contribution >= 0.6 is 0 Å². The van der Waals surface area contributed by atoms with Crippen LogP contribution in [0.5, 0.6) is 0 Å². The molecule has 1 atom stereocenters.